The first-order chi connectivity index (χ1) is 16.9. The lowest BCUT2D eigenvalue weighted by Crippen LogP contribution is -2.25. The van der Waals surface area contributed by atoms with E-state index < -0.39 is 5.91 Å². The van der Waals surface area contributed by atoms with E-state index in [0.717, 1.165) is 17.0 Å². The molecule has 2 heterocycles. The first kappa shape index (κ1) is 26.5. The summed E-state index contributed by atoms with van der Waals surface area (Å²) in [4.78, 5) is 28.2. The van der Waals surface area contributed by atoms with E-state index in [9.17, 15) is 9.59 Å². The van der Waals surface area contributed by atoms with E-state index in [2.05, 4.69) is 42.7 Å². The maximum Gasteiger partial charge on any atom is 0.288 e. The van der Waals surface area contributed by atoms with E-state index in [0.29, 0.717) is 19.6 Å². The average Bonchev–Trinajstić information content (AvgIpc) is 3.24. The van der Waals surface area contributed by atoms with Gasteiger partial charge in [-0.25, -0.2) is 9.67 Å². The standard InChI is InChI=1S/C16H19NO2.C12H14N4O/c1-16(2,3)9-7-12-5-6-14-13(11-12)17(4)15(18)8-10-19-14;1-8-4-3-5-9(2)10(8)6-16-7-14-12(15-16)11(13)17/h5-6,11H,8,10H2,1-4H3;3-5,7H,6H2,1-2H3,(H2,13,17). The molecule has 4 rings (SSSR count). The SMILES string of the molecule is CN1C(=O)CCOc2ccc(C#CC(C)(C)C)cc21.Cc1cccc(C)c1Cn1cnc(C(N)=O)n1. The molecular weight excluding hydrogens is 454 g/mol. The summed E-state index contributed by atoms with van der Waals surface area (Å²) in [5.41, 5.74) is 10.3. The third-order valence-electron chi connectivity index (χ3n) is 5.57. The molecule has 1 aliphatic rings. The number of benzene rings is 2. The molecule has 0 aliphatic carbocycles. The molecule has 8 nitrogen and oxygen atoms in total. The first-order valence-corrected chi connectivity index (χ1v) is 11.8. The summed E-state index contributed by atoms with van der Waals surface area (Å²) in [6.45, 7) is 11.3. The number of aromatic nitrogens is 3. The van der Waals surface area contributed by atoms with Crippen LogP contribution in [0.15, 0.2) is 42.7 Å². The van der Waals surface area contributed by atoms with E-state index in [-0.39, 0.29) is 17.1 Å². The maximum atomic E-state index is 11.8. The molecule has 3 aromatic rings. The number of aryl methyl sites for hydroxylation is 2. The fourth-order valence-electron chi connectivity index (χ4n) is 3.53. The highest BCUT2D eigenvalue weighted by molar-refractivity contribution is 5.95. The summed E-state index contributed by atoms with van der Waals surface area (Å²) in [6, 6.07) is 11.8. The van der Waals surface area contributed by atoms with Crippen molar-refractivity contribution in [2.24, 2.45) is 11.1 Å². The third kappa shape index (κ3) is 6.95. The van der Waals surface area contributed by atoms with Gasteiger partial charge in [0.25, 0.3) is 5.91 Å². The maximum absolute atomic E-state index is 11.8. The topological polar surface area (TPSA) is 103 Å². The minimum Gasteiger partial charge on any atom is -0.491 e. The van der Waals surface area contributed by atoms with Crippen molar-refractivity contribution < 1.29 is 14.3 Å². The molecule has 0 saturated heterocycles. The fraction of sp³-hybridized carbons (Fsp3) is 0.357. The van der Waals surface area contributed by atoms with Gasteiger partial charge >= 0.3 is 0 Å². The molecule has 0 radical (unpaired) electrons. The lowest BCUT2D eigenvalue weighted by Gasteiger charge is -2.16. The Morgan fingerprint density at radius 2 is 1.86 bits per heavy atom. The largest absolute Gasteiger partial charge is 0.491 e. The number of hydrogen-bond donors (Lipinski definition) is 1. The highest BCUT2D eigenvalue weighted by Crippen LogP contribution is 2.31. The van der Waals surface area contributed by atoms with Gasteiger partial charge in [-0.1, -0.05) is 30.0 Å². The van der Waals surface area contributed by atoms with Gasteiger partial charge in [0.1, 0.15) is 12.1 Å². The number of rotatable bonds is 3. The van der Waals surface area contributed by atoms with Crippen LogP contribution in [0.25, 0.3) is 0 Å². The van der Waals surface area contributed by atoms with Gasteiger partial charge in [0.15, 0.2) is 0 Å². The molecule has 1 aliphatic heterocycles. The molecule has 8 heteroatoms. The zero-order valence-electron chi connectivity index (χ0n) is 21.8. The normalized spacial score (nSPS) is 12.8. The summed E-state index contributed by atoms with van der Waals surface area (Å²) >= 11 is 0. The molecule has 2 aromatic carbocycles. The number of carbonyl (C=O) groups is 2. The van der Waals surface area contributed by atoms with Crippen LogP contribution in [0.5, 0.6) is 5.75 Å². The number of nitrogens with zero attached hydrogens (tertiary/aromatic N) is 4. The van der Waals surface area contributed by atoms with Crippen LogP contribution >= 0.6 is 0 Å². The van der Waals surface area contributed by atoms with Crippen LogP contribution in [0.4, 0.5) is 5.69 Å². The lowest BCUT2D eigenvalue weighted by molar-refractivity contribution is -0.118. The quantitative estimate of drug-likeness (QED) is 0.565. The number of hydrogen-bond acceptors (Lipinski definition) is 5. The Balaban J connectivity index is 0.000000202. The van der Waals surface area contributed by atoms with Crippen molar-refractivity contribution in [2.75, 3.05) is 18.6 Å². The summed E-state index contributed by atoms with van der Waals surface area (Å²) in [6.07, 6.45) is 1.93. The summed E-state index contributed by atoms with van der Waals surface area (Å²) in [5, 5.41) is 4.02. The van der Waals surface area contributed by atoms with Crippen LogP contribution in [0, 0.1) is 31.1 Å². The number of nitrogens with two attached hydrogens (primary N) is 1. The molecule has 36 heavy (non-hydrogen) atoms. The summed E-state index contributed by atoms with van der Waals surface area (Å²) < 4.78 is 7.20. The molecule has 0 saturated carbocycles. The van der Waals surface area contributed by atoms with Crippen LogP contribution in [-0.4, -0.2) is 40.2 Å². The Morgan fingerprint density at radius 3 is 2.47 bits per heavy atom. The second-order valence-corrected chi connectivity index (χ2v) is 9.73. The van der Waals surface area contributed by atoms with Gasteiger partial charge in [0.2, 0.25) is 11.7 Å². The highest BCUT2D eigenvalue weighted by atomic mass is 16.5. The predicted octanol–water partition coefficient (Wildman–Crippen LogP) is 3.87. The highest BCUT2D eigenvalue weighted by Gasteiger charge is 2.20. The summed E-state index contributed by atoms with van der Waals surface area (Å²) in [7, 11) is 1.77. The smallest absolute Gasteiger partial charge is 0.288 e. The van der Waals surface area contributed by atoms with Gasteiger partial charge in [-0.05, 0) is 69.5 Å². The number of fused-ring (bicyclic) bond motifs is 1. The van der Waals surface area contributed by atoms with Gasteiger partial charge in [-0.2, -0.15) is 0 Å². The minimum atomic E-state index is -0.606. The van der Waals surface area contributed by atoms with E-state index in [1.807, 2.05) is 50.2 Å². The van der Waals surface area contributed by atoms with Crippen LogP contribution in [0.1, 0.15) is 60.1 Å². The van der Waals surface area contributed by atoms with Crippen molar-refractivity contribution in [3.63, 3.8) is 0 Å². The molecule has 2 amide bonds. The van der Waals surface area contributed by atoms with Crippen LogP contribution in [-0.2, 0) is 11.3 Å². The number of primary amides is 1. The molecular formula is C28H33N5O3. The second kappa shape index (κ2) is 11.1. The zero-order valence-corrected chi connectivity index (χ0v) is 21.8. The molecule has 2 N–H and O–H groups in total. The molecule has 0 fully saturated rings. The van der Waals surface area contributed by atoms with E-state index in [4.69, 9.17) is 10.5 Å². The van der Waals surface area contributed by atoms with E-state index >= 15 is 0 Å². The summed E-state index contributed by atoms with van der Waals surface area (Å²) in [5.74, 6) is 6.60. The molecule has 188 valence electrons. The Kier molecular flexibility index (Phi) is 8.15. The van der Waals surface area contributed by atoms with Gasteiger partial charge < -0.3 is 15.4 Å². The Hall–Kier alpha value is -4.12. The number of ether oxygens (including phenoxy) is 1. The molecule has 0 atom stereocenters. The van der Waals surface area contributed by atoms with Gasteiger partial charge in [0.05, 0.1) is 25.3 Å². The molecule has 0 bridgehead atoms. The van der Waals surface area contributed by atoms with E-state index in [1.54, 1.807) is 16.6 Å². The van der Waals surface area contributed by atoms with Gasteiger partial charge in [0, 0.05) is 18.0 Å². The molecule has 1 aromatic heterocycles. The van der Waals surface area contributed by atoms with Crippen molar-refractivity contribution >= 4 is 17.5 Å². The van der Waals surface area contributed by atoms with Crippen molar-refractivity contribution in [2.45, 2.75) is 47.6 Å². The number of carbonyl (C=O) groups excluding carboxylic acids is 2. The molecule has 0 spiro atoms. The van der Waals surface area contributed by atoms with Crippen LogP contribution < -0.4 is 15.4 Å². The number of anilines is 1. The predicted molar refractivity (Wildman–Crippen MR) is 140 cm³/mol. The number of amides is 2. The van der Waals surface area contributed by atoms with Crippen molar-refractivity contribution in [1.82, 2.24) is 14.8 Å². The third-order valence-corrected chi connectivity index (χ3v) is 5.57. The fourth-order valence-corrected chi connectivity index (χ4v) is 3.53. The van der Waals surface area contributed by atoms with Gasteiger partial charge in [-0.15, -0.1) is 5.10 Å². The van der Waals surface area contributed by atoms with Crippen LogP contribution in [0.2, 0.25) is 0 Å². The Morgan fingerprint density at radius 1 is 1.17 bits per heavy atom. The van der Waals surface area contributed by atoms with Crippen LogP contribution in [0.3, 0.4) is 0 Å². The van der Waals surface area contributed by atoms with Crippen molar-refractivity contribution in [3.8, 4) is 17.6 Å². The first-order valence-electron chi connectivity index (χ1n) is 11.8. The Labute approximate surface area is 212 Å². The monoisotopic (exact) mass is 487 g/mol. The lowest BCUT2D eigenvalue weighted by atomic mass is 9.97. The van der Waals surface area contributed by atoms with Crippen molar-refractivity contribution in [3.05, 3.63) is 70.8 Å². The van der Waals surface area contributed by atoms with Gasteiger partial charge in [-0.3, -0.25) is 9.59 Å². The Bertz CT molecular complexity index is 1300. The van der Waals surface area contributed by atoms with E-state index in [1.165, 1.54) is 23.0 Å². The average molecular weight is 488 g/mol. The van der Waals surface area contributed by atoms with Crippen molar-refractivity contribution in [1.29, 1.82) is 0 Å². The second-order valence-electron chi connectivity index (χ2n) is 9.73. The minimum absolute atomic E-state index is 0.0367. The molecule has 0 unspecified atom stereocenters. The zero-order chi connectivity index (χ0) is 26.5.